The summed E-state index contributed by atoms with van der Waals surface area (Å²) in [4.78, 5) is 25.9. The molecule has 0 unspecified atom stereocenters. The van der Waals surface area contributed by atoms with E-state index in [0.717, 1.165) is 32.1 Å². The van der Waals surface area contributed by atoms with Crippen molar-refractivity contribution in [1.29, 1.82) is 0 Å². The van der Waals surface area contributed by atoms with Crippen LogP contribution in [0.5, 0.6) is 0 Å². The van der Waals surface area contributed by atoms with Gasteiger partial charge in [-0.3, -0.25) is 9.59 Å². The topological polar surface area (TPSA) is 71.1 Å². The zero-order valence-electron chi connectivity index (χ0n) is 36.2. The fourth-order valence-electron chi connectivity index (χ4n) is 6.06. The Labute approximate surface area is 318 Å². The Bertz CT molecular complexity index is 1170. The highest BCUT2D eigenvalue weighted by Gasteiger charge is 2.40. The van der Waals surface area contributed by atoms with Gasteiger partial charge >= 0.3 is 5.97 Å². The predicted octanol–water partition coefficient (Wildman–Crippen LogP) is 12.0. The van der Waals surface area contributed by atoms with Crippen molar-refractivity contribution in [3.63, 3.8) is 0 Å². The molecule has 0 amide bonds. The molecule has 0 aromatic rings. The van der Waals surface area contributed by atoms with Gasteiger partial charge in [-0.2, -0.15) is 0 Å². The maximum Gasteiger partial charge on any atom is 0.308 e. The molecule has 0 saturated carbocycles. The summed E-state index contributed by atoms with van der Waals surface area (Å²) in [5, 5.41) is 0.244. The molecule has 0 N–H and O–H groups in total. The van der Waals surface area contributed by atoms with Gasteiger partial charge in [-0.15, -0.1) is 6.58 Å². The number of allylic oxidation sites excluding steroid dienone is 1. The first-order valence-corrected chi connectivity index (χ1v) is 29.2. The Morgan fingerprint density at radius 1 is 0.843 bits per heavy atom. The van der Waals surface area contributed by atoms with E-state index in [2.05, 4.69) is 126 Å². The third-order valence-electron chi connectivity index (χ3n) is 10.8. The smallest absolute Gasteiger partial charge is 0.308 e. The molecule has 296 valence electrons. The molecule has 1 fully saturated rings. The predicted molar refractivity (Wildman–Crippen MR) is 225 cm³/mol. The lowest BCUT2D eigenvalue weighted by atomic mass is 9.93. The number of esters is 1. The van der Waals surface area contributed by atoms with Crippen molar-refractivity contribution >= 4 is 36.5 Å². The summed E-state index contributed by atoms with van der Waals surface area (Å²) in [6, 6.07) is 0. The maximum atomic E-state index is 13.4. The highest BCUT2D eigenvalue weighted by molar-refractivity contribution is 6.81. The fourth-order valence-corrected chi connectivity index (χ4v) is 10.3. The van der Waals surface area contributed by atoms with Crippen LogP contribution in [0.3, 0.4) is 0 Å². The summed E-state index contributed by atoms with van der Waals surface area (Å²) in [7, 11) is -5.41. The van der Waals surface area contributed by atoms with Crippen molar-refractivity contribution in [2.24, 2.45) is 11.8 Å². The summed E-state index contributed by atoms with van der Waals surface area (Å²) in [5.41, 5.74) is 3.75. The van der Waals surface area contributed by atoms with Gasteiger partial charge in [0.15, 0.2) is 16.6 Å². The molecule has 6 nitrogen and oxygen atoms in total. The first kappa shape index (κ1) is 47.9. The molecule has 0 aliphatic carbocycles. The molecular weight excluding hydrogens is 685 g/mol. The van der Waals surface area contributed by atoms with Crippen molar-refractivity contribution in [3.05, 3.63) is 36.1 Å². The Morgan fingerprint density at radius 3 is 1.86 bits per heavy atom. The number of Topliss-reactive ketones (excluding diaryl/α,β-unsaturated/α-hetero) is 1. The van der Waals surface area contributed by atoms with Crippen LogP contribution in [0.25, 0.3) is 0 Å². The molecule has 1 aliphatic rings. The van der Waals surface area contributed by atoms with E-state index in [0.29, 0.717) is 18.8 Å². The van der Waals surface area contributed by atoms with Crippen LogP contribution in [0.15, 0.2) is 36.1 Å². The Kier molecular flexibility index (Phi) is 18.8. The molecule has 0 aromatic heterocycles. The summed E-state index contributed by atoms with van der Waals surface area (Å²) >= 11 is 0. The average Bonchev–Trinajstić information content (AvgIpc) is 2.91. The van der Waals surface area contributed by atoms with E-state index in [-0.39, 0.29) is 64.7 Å². The number of carbonyl (C=O) groups excluding carboxylic acids is 2. The van der Waals surface area contributed by atoms with Crippen LogP contribution >= 0.6 is 0 Å². The van der Waals surface area contributed by atoms with Crippen molar-refractivity contribution in [3.8, 4) is 0 Å². The van der Waals surface area contributed by atoms with Crippen molar-refractivity contribution in [1.82, 2.24) is 0 Å². The van der Waals surface area contributed by atoms with E-state index in [1.165, 1.54) is 5.57 Å². The maximum absolute atomic E-state index is 13.4. The highest BCUT2D eigenvalue weighted by atomic mass is 28.4. The van der Waals surface area contributed by atoms with E-state index < -0.39 is 24.7 Å². The first-order valence-electron chi connectivity index (χ1n) is 19.8. The molecule has 1 heterocycles. The minimum atomic E-state index is -2.02. The van der Waals surface area contributed by atoms with Crippen LogP contribution in [-0.4, -0.2) is 67.0 Å². The molecule has 6 atom stereocenters. The second-order valence-corrected chi connectivity index (χ2v) is 34.4. The second-order valence-electron chi connectivity index (χ2n) is 19.9. The monoisotopic (exact) mass is 765 g/mol. The Hall–Kier alpha value is -1.11. The van der Waals surface area contributed by atoms with Crippen molar-refractivity contribution in [2.45, 2.75) is 207 Å². The molecule has 0 radical (unpaired) electrons. The minimum Gasteiger partial charge on any atom is -0.463 e. The summed E-state index contributed by atoms with van der Waals surface area (Å²) in [5.74, 6) is 0.534. The Balaban J connectivity index is 2.98. The fraction of sp³-hybridized carbons (Fsp3) is 0.810. The number of rotatable bonds is 20. The number of hydrogen-bond acceptors (Lipinski definition) is 6. The van der Waals surface area contributed by atoms with Gasteiger partial charge in [-0.05, 0) is 88.1 Å². The van der Waals surface area contributed by atoms with E-state index >= 15 is 0 Å². The van der Waals surface area contributed by atoms with Crippen LogP contribution in [0.4, 0.5) is 0 Å². The summed E-state index contributed by atoms with van der Waals surface area (Å²) in [6.07, 6.45) is 11.2. The van der Waals surface area contributed by atoms with Crippen molar-refractivity contribution < 1.29 is 27.9 Å². The van der Waals surface area contributed by atoms with Gasteiger partial charge < -0.3 is 18.3 Å². The van der Waals surface area contributed by atoms with Crippen LogP contribution in [0.1, 0.15) is 121 Å². The zero-order valence-corrected chi connectivity index (χ0v) is 39.2. The third-order valence-corrected chi connectivity index (χ3v) is 21.1. The minimum absolute atomic E-state index is 0.0148. The van der Waals surface area contributed by atoms with Crippen LogP contribution in [0.2, 0.25) is 55.9 Å². The van der Waals surface area contributed by atoms with Gasteiger partial charge in [0.05, 0.1) is 38.9 Å². The number of ketones is 1. The summed E-state index contributed by atoms with van der Waals surface area (Å²) in [6.45, 7) is 42.2. The number of carbonyl (C=O) groups is 2. The number of hydrogen-bond donors (Lipinski definition) is 0. The van der Waals surface area contributed by atoms with Crippen molar-refractivity contribution in [2.75, 3.05) is 0 Å². The van der Waals surface area contributed by atoms with Gasteiger partial charge in [0.2, 0.25) is 0 Å². The third kappa shape index (κ3) is 18.2. The van der Waals surface area contributed by atoms with Crippen LogP contribution in [0, 0.1) is 11.8 Å². The normalized spacial score (nSPS) is 21.5. The molecule has 1 saturated heterocycles. The SMILES string of the molecule is C=C[C@H](O[Si](C)(C)C(C)(C)C)[C@@H](C)/C=C/[C@H](C)C[C@@H](CCCC(=O)C[C@H]1C/C(=C/[Si](C)(C)C)C[C@@H](CC(=O)OC(C)C)O1)O[Si](C)(C)C(C)(C)C. The lowest BCUT2D eigenvalue weighted by Gasteiger charge is -2.40. The second kappa shape index (κ2) is 20.0. The van der Waals surface area contributed by atoms with E-state index in [9.17, 15) is 9.59 Å². The van der Waals surface area contributed by atoms with Gasteiger partial charge in [-0.25, -0.2) is 0 Å². The van der Waals surface area contributed by atoms with Gasteiger partial charge in [0, 0.05) is 24.9 Å². The van der Waals surface area contributed by atoms with Crippen LogP contribution in [-0.2, 0) is 27.9 Å². The molecule has 1 rings (SSSR count). The quantitative estimate of drug-likeness (QED) is 0.0698. The molecule has 9 heteroatoms. The van der Waals surface area contributed by atoms with E-state index in [4.69, 9.17) is 18.3 Å². The Morgan fingerprint density at radius 2 is 1.37 bits per heavy atom. The van der Waals surface area contributed by atoms with E-state index in [1.54, 1.807) is 0 Å². The number of ether oxygens (including phenoxy) is 2. The molecule has 1 aliphatic heterocycles. The van der Waals surface area contributed by atoms with Gasteiger partial charge in [0.1, 0.15) is 5.78 Å². The molecule has 0 spiro atoms. The van der Waals surface area contributed by atoms with Crippen LogP contribution < -0.4 is 0 Å². The molecular formula is C42H80O6Si3. The average molecular weight is 765 g/mol. The molecule has 0 aromatic carbocycles. The van der Waals surface area contributed by atoms with E-state index in [1.807, 2.05) is 19.9 Å². The molecule has 51 heavy (non-hydrogen) atoms. The first-order chi connectivity index (χ1) is 23.0. The molecule has 0 bridgehead atoms. The lowest BCUT2D eigenvalue weighted by molar-refractivity contribution is -0.152. The van der Waals surface area contributed by atoms with Gasteiger partial charge in [0.25, 0.3) is 0 Å². The van der Waals surface area contributed by atoms with Gasteiger partial charge in [-0.1, -0.05) is 105 Å². The standard InChI is InChI=1S/C42H80O6Si3/c1-19-39(48-51(17,18)42(9,10)11)33(5)24-23-32(4)25-36(47-50(15,16)41(6,7)8)22-20-21-35(43)28-37-26-34(30-49(12,13)14)27-38(46-37)29-40(44)45-31(2)3/h19,23-24,30-33,36-39H,1,20-22,25-29H2,2-18H3/b24-23+,34-30-/t32-,33-,36+,37+,38-,39-/m0/s1. The zero-order chi connectivity index (χ0) is 39.6. The highest BCUT2D eigenvalue weighted by Crippen LogP contribution is 2.40. The summed E-state index contributed by atoms with van der Waals surface area (Å²) < 4.78 is 25.5. The largest absolute Gasteiger partial charge is 0.463 e. The lowest BCUT2D eigenvalue weighted by Crippen LogP contribution is -2.44.